The second kappa shape index (κ2) is 7.87. The summed E-state index contributed by atoms with van der Waals surface area (Å²) in [5.74, 6) is 0.189. The summed E-state index contributed by atoms with van der Waals surface area (Å²) in [5.41, 5.74) is 0. The van der Waals surface area contributed by atoms with E-state index in [4.69, 9.17) is 4.74 Å². The van der Waals surface area contributed by atoms with Gasteiger partial charge in [0.2, 0.25) is 10.0 Å². The standard InChI is InChI=1S/C11H14BrF2NO4S/c1-18-9-3-2-8(12)6-10(9)20(16,17)15-4-5-19-7-11(13)14/h2-3,6,11,15H,4-5,7H2,1H3. The predicted molar refractivity (Wildman–Crippen MR) is 72.7 cm³/mol. The molecule has 0 bridgehead atoms. The minimum absolute atomic E-state index is 0.0387. The van der Waals surface area contributed by atoms with E-state index in [1.165, 1.54) is 19.2 Å². The Morgan fingerprint density at radius 1 is 1.40 bits per heavy atom. The zero-order valence-electron chi connectivity index (χ0n) is 10.6. The van der Waals surface area contributed by atoms with Crippen molar-refractivity contribution in [1.82, 2.24) is 4.72 Å². The van der Waals surface area contributed by atoms with E-state index in [0.717, 1.165) is 0 Å². The molecule has 20 heavy (non-hydrogen) atoms. The van der Waals surface area contributed by atoms with Gasteiger partial charge in [0.15, 0.2) is 0 Å². The zero-order chi connectivity index (χ0) is 15.2. The van der Waals surface area contributed by atoms with Gasteiger partial charge in [0.05, 0.1) is 13.7 Å². The van der Waals surface area contributed by atoms with Crippen molar-refractivity contribution in [2.24, 2.45) is 0 Å². The molecule has 5 nitrogen and oxygen atoms in total. The summed E-state index contributed by atoms with van der Waals surface area (Å²) in [5, 5.41) is 0. The van der Waals surface area contributed by atoms with Crippen LogP contribution < -0.4 is 9.46 Å². The van der Waals surface area contributed by atoms with Crippen molar-refractivity contribution < 1.29 is 26.7 Å². The quantitative estimate of drug-likeness (QED) is 0.708. The molecule has 0 aliphatic carbocycles. The summed E-state index contributed by atoms with van der Waals surface area (Å²) in [6.45, 7) is -0.966. The third-order valence-electron chi connectivity index (χ3n) is 2.20. The van der Waals surface area contributed by atoms with E-state index >= 15 is 0 Å². The van der Waals surface area contributed by atoms with Crippen molar-refractivity contribution in [2.75, 3.05) is 26.9 Å². The maximum atomic E-state index is 12.0. The second-order valence-electron chi connectivity index (χ2n) is 3.66. The van der Waals surface area contributed by atoms with Crippen LogP contribution in [0.15, 0.2) is 27.6 Å². The van der Waals surface area contributed by atoms with Gasteiger partial charge in [-0.2, -0.15) is 0 Å². The fourth-order valence-electron chi connectivity index (χ4n) is 1.36. The smallest absolute Gasteiger partial charge is 0.261 e. The Balaban J connectivity index is 2.67. The molecule has 114 valence electrons. The Kier molecular flexibility index (Phi) is 6.80. The van der Waals surface area contributed by atoms with E-state index in [9.17, 15) is 17.2 Å². The first kappa shape index (κ1) is 17.3. The highest BCUT2D eigenvalue weighted by atomic mass is 79.9. The van der Waals surface area contributed by atoms with Crippen molar-refractivity contribution in [3.05, 3.63) is 22.7 Å². The number of benzene rings is 1. The van der Waals surface area contributed by atoms with Gasteiger partial charge in [-0.3, -0.25) is 0 Å². The molecule has 0 saturated carbocycles. The number of hydrogen-bond acceptors (Lipinski definition) is 4. The van der Waals surface area contributed by atoms with Gasteiger partial charge in [-0.25, -0.2) is 21.9 Å². The maximum Gasteiger partial charge on any atom is 0.261 e. The van der Waals surface area contributed by atoms with Gasteiger partial charge in [-0.05, 0) is 18.2 Å². The molecule has 0 atom stereocenters. The number of hydrogen-bond donors (Lipinski definition) is 1. The number of alkyl halides is 2. The highest BCUT2D eigenvalue weighted by Gasteiger charge is 2.19. The Labute approximate surface area is 124 Å². The molecule has 0 fully saturated rings. The monoisotopic (exact) mass is 373 g/mol. The highest BCUT2D eigenvalue weighted by molar-refractivity contribution is 9.10. The fourth-order valence-corrected chi connectivity index (χ4v) is 3.08. The lowest BCUT2D eigenvalue weighted by atomic mass is 10.3. The van der Waals surface area contributed by atoms with Gasteiger partial charge in [0.1, 0.15) is 17.3 Å². The Hall–Kier alpha value is -0.770. The second-order valence-corrected chi connectivity index (χ2v) is 6.31. The molecule has 0 aliphatic rings. The molecule has 0 heterocycles. The Morgan fingerprint density at radius 3 is 2.70 bits per heavy atom. The van der Waals surface area contributed by atoms with E-state index in [0.29, 0.717) is 4.47 Å². The summed E-state index contributed by atoms with van der Waals surface area (Å²) in [4.78, 5) is -0.0387. The lowest BCUT2D eigenvalue weighted by molar-refractivity contribution is 0.0199. The van der Waals surface area contributed by atoms with E-state index in [-0.39, 0.29) is 23.8 Å². The number of ether oxygens (including phenoxy) is 2. The van der Waals surface area contributed by atoms with Crippen LogP contribution in [0.4, 0.5) is 8.78 Å². The van der Waals surface area contributed by atoms with E-state index < -0.39 is 23.1 Å². The summed E-state index contributed by atoms with van der Waals surface area (Å²) in [6.07, 6.45) is -2.57. The van der Waals surface area contributed by atoms with Gasteiger partial charge in [0.25, 0.3) is 6.43 Å². The predicted octanol–water partition coefficient (Wildman–Crippen LogP) is 2.02. The third kappa shape index (κ3) is 5.31. The van der Waals surface area contributed by atoms with Crippen LogP contribution in [0, 0.1) is 0 Å². The van der Waals surface area contributed by atoms with Gasteiger partial charge in [-0.1, -0.05) is 15.9 Å². The van der Waals surface area contributed by atoms with Crippen LogP contribution in [-0.2, 0) is 14.8 Å². The molecule has 1 N–H and O–H groups in total. The third-order valence-corrected chi connectivity index (χ3v) is 4.17. The van der Waals surface area contributed by atoms with Crippen LogP contribution in [-0.4, -0.2) is 41.7 Å². The highest BCUT2D eigenvalue weighted by Crippen LogP contribution is 2.26. The van der Waals surface area contributed by atoms with E-state index in [1.807, 2.05) is 0 Å². The average Bonchev–Trinajstić information content (AvgIpc) is 2.37. The maximum absolute atomic E-state index is 12.0. The summed E-state index contributed by atoms with van der Waals surface area (Å²) < 4.78 is 60.1. The molecule has 0 unspecified atom stereocenters. The van der Waals surface area contributed by atoms with Crippen molar-refractivity contribution >= 4 is 26.0 Å². The molecular formula is C11H14BrF2NO4S. The molecule has 9 heteroatoms. The summed E-state index contributed by atoms with van der Waals surface area (Å²) in [6, 6.07) is 4.54. The molecular weight excluding hydrogens is 360 g/mol. The number of nitrogens with one attached hydrogen (secondary N) is 1. The SMILES string of the molecule is COc1ccc(Br)cc1S(=O)(=O)NCCOCC(F)F. The van der Waals surface area contributed by atoms with Gasteiger partial charge in [0, 0.05) is 11.0 Å². The first-order chi connectivity index (χ1) is 9.36. The molecule has 0 saturated heterocycles. The van der Waals surface area contributed by atoms with Crippen LogP contribution >= 0.6 is 15.9 Å². The number of sulfonamides is 1. The molecule has 0 aromatic heterocycles. The summed E-state index contributed by atoms with van der Waals surface area (Å²) >= 11 is 3.17. The minimum atomic E-state index is -3.80. The first-order valence-corrected chi connectivity index (χ1v) is 7.83. The fraction of sp³-hybridized carbons (Fsp3) is 0.455. The lowest BCUT2D eigenvalue weighted by Gasteiger charge is -2.11. The molecule has 1 rings (SSSR count). The molecule has 0 aliphatic heterocycles. The van der Waals surface area contributed by atoms with E-state index in [1.54, 1.807) is 6.07 Å². The van der Waals surface area contributed by atoms with Crippen LogP contribution in [0.25, 0.3) is 0 Å². The van der Waals surface area contributed by atoms with Crippen LogP contribution in [0.1, 0.15) is 0 Å². The Morgan fingerprint density at radius 2 is 2.10 bits per heavy atom. The molecule has 1 aromatic rings. The Bertz CT molecular complexity index is 539. The lowest BCUT2D eigenvalue weighted by Crippen LogP contribution is -2.28. The average molecular weight is 374 g/mol. The van der Waals surface area contributed by atoms with Crippen molar-refractivity contribution in [3.8, 4) is 5.75 Å². The minimum Gasteiger partial charge on any atom is -0.495 e. The van der Waals surface area contributed by atoms with Gasteiger partial charge >= 0.3 is 0 Å². The van der Waals surface area contributed by atoms with Crippen molar-refractivity contribution in [3.63, 3.8) is 0 Å². The van der Waals surface area contributed by atoms with Crippen LogP contribution in [0.3, 0.4) is 0 Å². The van der Waals surface area contributed by atoms with Crippen molar-refractivity contribution in [2.45, 2.75) is 11.3 Å². The molecule has 0 radical (unpaired) electrons. The molecule has 0 amide bonds. The zero-order valence-corrected chi connectivity index (χ0v) is 13.0. The van der Waals surface area contributed by atoms with E-state index in [2.05, 4.69) is 25.4 Å². The van der Waals surface area contributed by atoms with Crippen molar-refractivity contribution in [1.29, 1.82) is 0 Å². The largest absolute Gasteiger partial charge is 0.495 e. The molecule has 1 aromatic carbocycles. The number of methoxy groups -OCH3 is 1. The van der Waals surface area contributed by atoms with Gasteiger partial charge in [-0.15, -0.1) is 0 Å². The number of halogens is 3. The first-order valence-electron chi connectivity index (χ1n) is 5.56. The normalized spacial score (nSPS) is 11.8. The summed E-state index contributed by atoms with van der Waals surface area (Å²) in [7, 11) is -2.44. The topological polar surface area (TPSA) is 64.6 Å². The molecule has 0 spiro atoms. The number of rotatable bonds is 8. The van der Waals surface area contributed by atoms with Crippen LogP contribution in [0.2, 0.25) is 0 Å². The van der Waals surface area contributed by atoms with Crippen LogP contribution in [0.5, 0.6) is 5.75 Å². The van der Waals surface area contributed by atoms with Gasteiger partial charge < -0.3 is 9.47 Å².